The molecule has 1 saturated carbocycles. The van der Waals surface area contributed by atoms with Crippen LogP contribution in [0.25, 0.3) is 0 Å². The SMILES string of the molecule is CC[C@@H](Oc1ccc(Cl)cc1Cl)C(=O)NCc1cccc(NC(=O)NC2CC3(C2)CN(CCC(=O)OC)C3)c1. The van der Waals surface area contributed by atoms with Gasteiger partial charge in [-0.15, -0.1) is 0 Å². The lowest BCUT2D eigenvalue weighted by atomic mass is 9.60. The minimum Gasteiger partial charge on any atom is -0.479 e. The van der Waals surface area contributed by atoms with E-state index in [2.05, 4.69) is 20.9 Å². The maximum absolute atomic E-state index is 12.7. The number of halogens is 2. The highest BCUT2D eigenvalue weighted by Crippen LogP contribution is 2.48. The van der Waals surface area contributed by atoms with E-state index in [0.29, 0.717) is 40.9 Å². The lowest BCUT2D eigenvalue weighted by Crippen LogP contribution is -2.66. The predicted octanol–water partition coefficient (Wildman–Crippen LogP) is 4.62. The number of anilines is 1. The van der Waals surface area contributed by atoms with Gasteiger partial charge in [-0.3, -0.25) is 9.59 Å². The second kappa shape index (κ2) is 12.9. The van der Waals surface area contributed by atoms with Crippen LogP contribution in [0.4, 0.5) is 10.5 Å². The highest BCUT2D eigenvalue weighted by molar-refractivity contribution is 6.35. The summed E-state index contributed by atoms with van der Waals surface area (Å²) in [6.45, 7) is 4.75. The third-order valence-corrected chi connectivity index (χ3v) is 7.68. The molecule has 210 valence electrons. The van der Waals surface area contributed by atoms with Crippen molar-refractivity contribution in [2.75, 3.05) is 32.1 Å². The number of carbonyl (C=O) groups is 3. The molecular formula is C28H34Cl2N4O5. The summed E-state index contributed by atoms with van der Waals surface area (Å²) in [5.74, 6) is -0.0600. The molecule has 0 bridgehead atoms. The number of likely N-dealkylation sites (tertiary alicyclic amines) is 1. The first kappa shape index (κ1) is 29.0. The standard InChI is InChI=1S/C28H34Cl2N4O5/c1-3-23(39-24-8-7-19(29)12-22(24)30)26(36)31-15-18-5-4-6-20(11-18)32-27(37)33-21-13-28(14-21)16-34(17-28)10-9-25(35)38-2/h4-8,11-12,21,23H,3,9-10,13-17H2,1-2H3,(H,31,36)(H2,32,33,37)/t23-/m1/s1. The van der Waals surface area contributed by atoms with Crippen molar-refractivity contribution in [1.82, 2.24) is 15.5 Å². The Morgan fingerprint density at radius 2 is 1.90 bits per heavy atom. The van der Waals surface area contributed by atoms with E-state index in [4.69, 9.17) is 32.7 Å². The third kappa shape index (κ3) is 7.77. The lowest BCUT2D eigenvalue weighted by Gasteiger charge is -2.59. The van der Waals surface area contributed by atoms with Crippen LogP contribution < -0.4 is 20.7 Å². The number of urea groups is 1. The minimum atomic E-state index is -0.711. The monoisotopic (exact) mass is 576 g/mol. The molecule has 1 spiro atoms. The zero-order valence-corrected chi connectivity index (χ0v) is 23.6. The summed E-state index contributed by atoms with van der Waals surface area (Å²) in [6.07, 6.45) is 2.02. The summed E-state index contributed by atoms with van der Waals surface area (Å²) in [5.41, 5.74) is 1.73. The van der Waals surface area contributed by atoms with Crippen LogP contribution in [0.2, 0.25) is 10.0 Å². The fourth-order valence-electron chi connectivity index (χ4n) is 5.22. The van der Waals surface area contributed by atoms with Crippen LogP contribution in [0.1, 0.15) is 38.2 Å². The van der Waals surface area contributed by atoms with Crippen LogP contribution in [0.15, 0.2) is 42.5 Å². The molecule has 9 nitrogen and oxygen atoms in total. The summed E-state index contributed by atoms with van der Waals surface area (Å²) in [6, 6.07) is 12.1. The number of hydrogen-bond acceptors (Lipinski definition) is 6. The van der Waals surface area contributed by atoms with Crippen molar-refractivity contribution in [3.05, 3.63) is 58.1 Å². The van der Waals surface area contributed by atoms with E-state index in [1.165, 1.54) is 7.11 Å². The van der Waals surface area contributed by atoms with Crippen LogP contribution in [0.5, 0.6) is 5.75 Å². The molecule has 2 aromatic carbocycles. The fourth-order valence-corrected chi connectivity index (χ4v) is 5.67. The van der Waals surface area contributed by atoms with Gasteiger partial charge in [0.05, 0.1) is 18.6 Å². The molecule has 11 heteroatoms. The van der Waals surface area contributed by atoms with Gasteiger partial charge in [0.15, 0.2) is 6.10 Å². The van der Waals surface area contributed by atoms with Gasteiger partial charge in [-0.1, -0.05) is 42.3 Å². The Labute approximate surface area is 238 Å². The van der Waals surface area contributed by atoms with Crippen molar-refractivity contribution in [1.29, 1.82) is 0 Å². The van der Waals surface area contributed by atoms with Gasteiger partial charge in [-0.2, -0.15) is 0 Å². The zero-order chi connectivity index (χ0) is 28.0. The summed E-state index contributed by atoms with van der Waals surface area (Å²) in [5, 5.41) is 9.64. The van der Waals surface area contributed by atoms with E-state index < -0.39 is 6.10 Å². The van der Waals surface area contributed by atoms with Gasteiger partial charge in [-0.05, 0) is 60.6 Å². The first-order valence-corrected chi connectivity index (χ1v) is 13.8. The van der Waals surface area contributed by atoms with Gasteiger partial charge in [0.25, 0.3) is 5.91 Å². The largest absolute Gasteiger partial charge is 0.479 e. The molecule has 1 aliphatic carbocycles. The van der Waals surface area contributed by atoms with Crippen LogP contribution in [-0.4, -0.2) is 61.7 Å². The first-order chi connectivity index (χ1) is 18.7. The number of methoxy groups -OCH3 is 1. The van der Waals surface area contributed by atoms with E-state index in [-0.39, 0.29) is 35.9 Å². The maximum Gasteiger partial charge on any atom is 0.319 e. The molecule has 3 amide bonds. The molecule has 0 radical (unpaired) electrons. The number of carbonyl (C=O) groups excluding carboxylic acids is 3. The molecule has 39 heavy (non-hydrogen) atoms. The second-order valence-corrected chi connectivity index (χ2v) is 11.1. The molecule has 0 aromatic heterocycles. The lowest BCUT2D eigenvalue weighted by molar-refractivity contribution is -0.142. The van der Waals surface area contributed by atoms with E-state index in [9.17, 15) is 14.4 Å². The highest BCUT2D eigenvalue weighted by Gasteiger charge is 2.52. The van der Waals surface area contributed by atoms with E-state index in [0.717, 1.165) is 31.5 Å². The molecular weight excluding hydrogens is 543 g/mol. The molecule has 2 fully saturated rings. The summed E-state index contributed by atoms with van der Waals surface area (Å²) >= 11 is 12.1. The quantitative estimate of drug-likeness (QED) is 0.337. The van der Waals surface area contributed by atoms with Crippen LogP contribution in [0.3, 0.4) is 0 Å². The summed E-state index contributed by atoms with van der Waals surface area (Å²) in [4.78, 5) is 38.8. The Balaban J connectivity index is 1.18. The number of rotatable bonds is 11. The van der Waals surface area contributed by atoms with Crippen LogP contribution >= 0.6 is 23.2 Å². The number of hydrogen-bond donors (Lipinski definition) is 3. The highest BCUT2D eigenvalue weighted by atomic mass is 35.5. The minimum absolute atomic E-state index is 0.135. The Kier molecular flexibility index (Phi) is 9.58. The number of amides is 3. The van der Waals surface area contributed by atoms with Gasteiger partial charge in [0, 0.05) is 42.9 Å². The van der Waals surface area contributed by atoms with Crippen molar-refractivity contribution in [3.8, 4) is 5.75 Å². The normalized spacial score (nSPS) is 16.9. The number of ether oxygens (including phenoxy) is 2. The first-order valence-electron chi connectivity index (χ1n) is 13.0. The van der Waals surface area contributed by atoms with Gasteiger partial charge in [0.2, 0.25) is 0 Å². The molecule has 1 atom stereocenters. The molecule has 0 unspecified atom stereocenters. The smallest absolute Gasteiger partial charge is 0.319 e. The van der Waals surface area contributed by atoms with Gasteiger partial charge >= 0.3 is 12.0 Å². The van der Waals surface area contributed by atoms with Crippen molar-refractivity contribution >= 4 is 46.8 Å². The summed E-state index contributed by atoms with van der Waals surface area (Å²) < 4.78 is 10.5. The topological polar surface area (TPSA) is 109 Å². The molecule has 4 rings (SSSR count). The molecule has 3 N–H and O–H groups in total. The van der Waals surface area contributed by atoms with Gasteiger partial charge in [0.1, 0.15) is 5.75 Å². The molecule has 2 aliphatic rings. The van der Waals surface area contributed by atoms with Gasteiger partial charge < -0.3 is 30.3 Å². The van der Waals surface area contributed by atoms with Crippen molar-refractivity contribution in [2.24, 2.45) is 5.41 Å². The van der Waals surface area contributed by atoms with E-state index in [1.807, 2.05) is 25.1 Å². The fraction of sp³-hybridized carbons (Fsp3) is 0.464. The van der Waals surface area contributed by atoms with Crippen LogP contribution in [-0.2, 0) is 20.9 Å². The Morgan fingerprint density at radius 1 is 1.13 bits per heavy atom. The average Bonchev–Trinajstić information content (AvgIpc) is 2.86. The zero-order valence-electron chi connectivity index (χ0n) is 22.1. The third-order valence-electron chi connectivity index (χ3n) is 7.15. The number of benzene rings is 2. The Hall–Kier alpha value is -3.01. The number of esters is 1. The second-order valence-electron chi connectivity index (χ2n) is 10.2. The van der Waals surface area contributed by atoms with Gasteiger partial charge in [-0.25, -0.2) is 4.79 Å². The molecule has 1 aliphatic heterocycles. The van der Waals surface area contributed by atoms with Crippen molar-refractivity contribution in [3.63, 3.8) is 0 Å². The molecule has 1 heterocycles. The van der Waals surface area contributed by atoms with E-state index >= 15 is 0 Å². The summed E-state index contributed by atoms with van der Waals surface area (Å²) in [7, 11) is 1.40. The maximum atomic E-state index is 12.7. The average molecular weight is 578 g/mol. The van der Waals surface area contributed by atoms with E-state index in [1.54, 1.807) is 24.3 Å². The van der Waals surface area contributed by atoms with Crippen LogP contribution in [0, 0.1) is 5.41 Å². The number of nitrogens with one attached hydrogen (secondary N) is 3. The molecule has 2 aromatic rings. The predicted molar refractivity (Wildman–Crippen MR) is 150 cm³/mol. The van der Waals surface area contributed by atoms with Crippen molar-refractivity contribution in [2.45, 2.75) is 51.3 Å². The Morgan fingerprint density at radius 3 is 2.59 bits per heavy atom. The Bertz CT molecular complexity index is 1200. The van der Waals surface area contributed by atoms with Crippen molar-refractivity contribution < 1.29 is 23.9 Å². The molecule has 1 saturated heterocycles. The number of nitrogens with zero attached hydrogens (tertiary/aromatic N) is 1.